The molecule has 0 aromatic heterocycles. The number of rotatable bonds is 6. The third-order valence-corrected chi connectivity index (χ3v) is 1.26. The zero-order valence-electron chi connectivity index (χ0n) is 9.51. The van der Waals surface area contributed by atoms with Gasteiger partial charge in [-0.1, -0.05) is 6.58 Å². The summed E-state index contributed by atoms with van der Waals surface area (Å²) in [4.78, 5) is 30.0. The van der Waals surface area contributed by atoms with Gasteiger partial charge in [0.05, 0.1) is 19.4 Å². The van der Waals surface area contributed by atoms with E-state index in [9.17, 15) is 14.4 Å². The lowest BCUT2D eigenvalue weighted by atomic mass is 10.3. The molecule has 98 valence electrons. The zero-order valence-corrected chi connectivity index (χ0v) is 9.51. The van der Waals surface area contributed by atoms with Gasteiger partial charge in [-0.25, -0.2) is 4.79 Å². The molecule has 0 aliphatic rings. The van der Waals surface area contributed by atoms with Crippen LogP contribution < -0.4 is 0 Å². The van der Waals surface area contributed by atoms with Crippen molar-refractivity contribution in [2.75, 3.05) is 13.2 Å². The topological polar surface area (TPSA) is 121 Å². The van der Waals surface area contributed by atoms with Gasteiger partial charge in [-0.15, -0.1) is 0 Å². The smallest absolute Gasteiger partial charge is 0.330 e. The molecule has 0 rings (SSSR count). The first-order valence-electron chi connectivity index (χ1n) is 4.68. The van der Waals surface area contributed by atoms with Crippen LogP contribution in [-0.4, -0.2) is 46.4 Å². The van der Waals surface area contributed by atoms with Crippen LogP contribution in [0, 0.1) is 0 Å². The van der Waals surface area contributed by atoms with Crippen molar-refractivity contribution in [2.24, 2.45) is 0 Å². The Morgan fingerprint density at radius 1 is 1.18 bits per heavy atom. The van der Waals surface area contributed by atoms with Crippen molar-refractivity contribution in [1.29, 1.82) is 0 Å². The Morgan fingerprint density at radius 2 is 1.65 bits per heavy atom. The molecule has 0 saturated carbocycles. The minimum absolute atomic E-state index is 0.0710. The molecular weight excluding hydrogens is 232 g/mol. The molecule has 0 bridgehead atoms. The lowest BCUT2D eigenvalue weighted by Crippen LogP contribution is -2.10. The van der Waals surface area contributed by atoms with Crippen LogP contribution in [-0.2, 0) is 19.1 Å². The highest BCUT2D eigenvalue weighted by Gasteiger charge is 2.05. The van der Waals surface area contributed by atoms with Gasteiger partial charge < -0.3 is 20.1 Å². The van der Waals surface area contributed by atoms with Crippen LogP contribution in [0.2, 0.25) is 0 Å². The number of ether oxygens (including phenoxy) is 1. The Hall–Kier alpha value is -1.89. The fraction of sp³-hybridized carbons (Fsp3) is 0.500. The van der Waals surface area contributed by atoms with E-state index in [1.807, 2.05) is 0 Å². The fourth-order valence-electron chi connectivity index (χ4n) is 0.441. The Bertz CT molecular complexity index is 270. The lowest BCUT2D eigenvalue weighted by molar-refractivity contribution is -0.148. The molecular formula is C10H16O7. The average molecular weight is 248 g/mol. The number of hydrogen-bond donors (Lipinski definition) is 3. The van der Waals surface area contributed by atoms with E-state index < -0.39 is 17.9 Å². The number of carbonyl (C=O) groups excluding carboxylic acids is 1. The summed E-state index contributed by atoms with van der Waals surface area (Å²) in [6.07, 6.45) is -0.375. The highest BCUT2D eigenvalue weighted by atomic mass is 16.5. The van der Waals surface area contributed by atoms with Crippen molar-refractivity contribution in [2.45, 2.75) is 19.8 Å². The van der Waals surface area contributed by atoms with Gasteiger partial charge in [0.15, 0.2) is 0 Å². The Morgan fingerprint density at radius 3 is 1.94 bits per heavy atom. The summed E-state index contributed by atoms with van der Waals surface area (Å²) in [5.74, 6) is -2.57. The first kappa shape index (κ1) is 17.5. The molecule has 0 fully saturated rings. The minimum atomic E-state index is -1.04. The van der Waals surface area contributed by atoms with Crippen LogP contribution in [0.3, 0.4) is 0 Å². The molecule has 0 heterocycles. The molecule has 0 aromatic carbocycles. The minimum Gasteiger partial charge on any atom is -0.481 e. The van der Waals surface area contributed by atoms with Gasteiger partial charge >= 0.3 is 17.9 Å². The van der Waals surface area contributed by atoms with E-state index in [-0.39, 0.29) is 31.6 Å². The molecule has 0 spiro atoms. The molecule has 0 atom stereocenters. The first-order chi connectivity index (χ1) is 7.81. The van der Waals surface area contributed by atoms with Crippen molar-refractivity contribution in [3.8, 4) is 0 Å². The lowest BCUT2D eigenvalue weighted by Gasteiger charge is -1.99. The molecule has 0 unspecified atom stereocenters. The summed E-state index contributed by atoms with van der Waals surface area (Å²) < 4.78 is 4.39. The Kier molecular flexibility index (Phi) is 10.9. The number of aliphatic hydroxyl groups is 1. The number of hydrogen-bond acceptors (Lipinski definition) is 5. The summed E-state index contributed by atoms with van der Waals surface area (Å²) in [5.41, 5.74) is 0.176. The van der Waals surface area contributed by atoms with Crippen LogP contribution >= 0.6 is 0 Å². The molecule has 7 nitrogen and oxygen atoms in total. The maximum atomic E-state index is 10.5. The molecule has 0 aliphatic carbocycles. The first-order valence-corrected chi connectivity index (χ1v) is 4.68. The van der Waals surface area contributed by atoms with Gasteiger partial charge in [0.1, 0.15) is 6.61 Å². The monoisotopic (exact) mass is 248 g/mol. The number of carboxylic acids is 2. The van der Waals surface area contributed by atoms with Gasteiger partial charge in [-0.3, -0.25) is 9.59 Å². The third-order valence-electron chi connectivity index (χ3n) is 1.26. The van der Waals surface area contributed by atoms with E-state index >= 15 is 0 Å². The van der Waals surface area contributed by atoms with Gasteiger partial charge in [0.2, 0.25) is 0 Å². The highest BCUT2D eigenvalue weighted by molar-refractivity contribution is 5.84. The van der Waals surface area contributed by atoms with E-state index in [2.05, 4.69) is 11.3 Å². The predicted octanol–water partition coefficient (Wildman–Crippen LogP) is 0.0338. The average Bonchev–Trinajstić information content (AvgIpc) is 2.24. The standard InChI is InChI=1S/C6H10O5.C4H6O2/c7-3-4-11-6(10)2-1-5(8)9;1-3(2)4(5)6/h7H,1-4H2,(H,8,9);1H2,2H3,(H,5,6). The van der Waals surface area contributed by atoms with Crippen LogP contribution in [0.4, 0.5) is 0 Å². The van der Waals surface area contributed by atoms with Crippen LogP contribution in [0.15, 0.2) is 12.2 Å². The second-order valence-electron chi connectivity index (χ2n) is 2.92. The molecule has 0 saturated heterocycles. The predicted molar refractivity (Wildman–Crippen MR) is 57.4 cm³/mol. The molecule has 7 heteroatoms. The maximum absolute atomic E-state index is 10.5. The van der Waals surface area contributed by atoms with Crippen molar-refractivity contribution >= 4 is 17.9 Å². The number of carbonyl (C=O) groups is 3. The van der Waals surface area contributed by atoms with Crippen LogP contribution in [0.5, 0.6) is 0 Å². The molecule has 0 aliphatic heterocycles. The van der Waals surface area contributed by atoms with Crippen molar-refractivity contribution < 1.29 is 34.4 Å². The fourth-order valence-corrected chi connectivity index (χ4v) is 0.441. The summed E-state index contributed by atoms with van der Waals surface area (Å²) in [5, 5.41) is 24.2. The third kappa shape index (κ3) is 16.8. The van der Waals surface area contributed by atoms with E-state index in [0.717, 1.165) is 0 Å². The van der Waals surface area contributed by atoms with Crippen molar-refractivity contribution in [3.05, 3.63) is 12.2 Å². The highest BCUT2D eigenvalue weighted by Crippen LogP contribution is 1.91. The quantitative estimate of drug-likeness (QED) is 0.448. The van der Waals surface area contributed by atoms with Crippen molar-refractivity contribution in [3.63, 3.8) is 0 Å². The zero-order chi connectivity index (χ0) is 13.8. The van der Waals surface area contributed by atoms with Gasteiger partial charge in [0.25, 0.3) is 0 Å². The number of aliphatic hydroxyl groups excluding tert-OH is 1. The summed E-state index contributed by atoms with van der Waals surface area (Å²) in [6, 6.07) is 0. The summed E-state index contributed by atoms with van der Waals surface area (Å²) in [6.45, 7) is 4.29. The molecule has 0 amide bonds. The Balaban J connectivity index is 0. The maximum Gasteiger partial charge on any atom is 0.330 e. The second kappa shape index (κ2) is 10.6. The molecule has 3 N–H and O–H groups in total. The van der Waals surface area contributed by atoms with E-state index in [0.29, 0.717) is 0 Å². The van der Waals surface area contributed by atoms with Gasteiger partial charge in [-0.2, -0.15) is 0 Å². The summed E-state index contributed by atoms with van der Waals surface area (Å²) >= 11 is 0. The van der Waals surface area contributed by atoms with Crippen molar-refractivity contribution in [1.82, 2.24) is 0 Å². The van der Waals surface area contributed by atoms with Gasteiger partial charge in [0, 0.05) is 5.57 Å². The van der Waals surface area contributed by atoms with Crippen LogP contribution in [0.1, 0.15) is 19.8 Å². The van der Waals surface area contributed by atoms with Crippen LogP contribution in [0.25, 0.3) is 0 Å². The Labute approximate surface area is 98.3 Å². The van der Waals surface area contributed by atoms with E-state index in [1.54, 1.807) is 0 Å². The summed E-state index contributed by atoms with van der Waals surface area (Å²) in [7, 11) is 0. The number of carboxylic acid groups (broad SMARTS) is 2. The second-order valence-corrected chi connectivity index (χ2v) is 2.92. The molecule has 17 heavy (non-hydrogen) atoms. The SMILES string of the molecule is C=C(C)C(=O)O.O=C(O)CCC(=O)OCCO. The number of aliphatic carboxylic acids is 2. The largest absolute Gasteiger partial charge is 0.481 e. The van der Waals surface area contributed by atoms with E-state index in [1.165, 1.54) is 6.92 Å². The molecule has 0 radical (unpaired) electrons. The molecule has 0 aromatic rings. The number of esters is 1. The van der Waals surface area contributed by atoms with E-state index in [4.69, 9.17) is 15.3 Å². The normalized spacial score (nSPS) is 8.59. The van der Waals surface area contributed by atoms with Gasteiger partial charge in [-0.05, 0) is 6.92 Å².